The van der Waals surface area contributed by atoms with Crippen molar-refractivity contribution in [3.8, 4) is 0 Å². The predicted octanol–water partition coefficient (Wildman–Crippen LogP) is 2.72. The number of hydrogen-bond donors (Lipinski definition) is 1. The molecule has 1 N–H and O–H groups in total. The molecule has 16 heavy (non-hydrogen) atoms. The maximum atomic E-state index is 10.9. The molecule has 0 aromatic carbocycles. The van der Waals surface area contributed by atoms with Crippen LogP contribution in [0, 0.1) is 11.8 Å². The van der Waals surface area contributed by atoms with Gasteiger partial charge in [0, 0.05) is 10.9 Å². The number of carboxylic acid groups (broad SMARTS) is 1. The zero-order valence-corrected chi connectivity index (χ0v) is 10.8. The van der Waals surface area contributed by atoms with Gasteiger partial charge in [0.15, 0.2) is 0 Å². The van der Waals surface area contributed by atoms with Gasteiger partial charge in [-0.05, 0) is 38.6 Å². The van der Waals surface area contributed by atoms with Crippen LogP contribution >= 0.6 is 22.9 Å². The van der Waals surface area contributed by atoms with Crippen molar-refractivity contribution in [3.63, 3.8) is 0 Å². The molecular weight excluding hydrogens is 246 g/mol. The van der Waals surface area contributed by atoms with Gasteiger partial charge in [-0.15, -0.1) is 11.3 Å². The molecule has 3 unspecified atom stereocenters. The van der Waals surface area contributed by atoms with Crippen LogP contribution in [0.25, 0.3) is 0 Å². The highest BCUT2D eigenvalue weighted by atomic mass is 35.5. The number of carboxylic acids is 1. The van der Waals surface area contributed by atoms with E-state index in [0.29, 0.717) is 0 Å². The molecule has 0 spiro atoms. The van der Waals surface area contributed by atoms with Gasteiger partial charge < -0.3 is 10.0 Å². The Bertz CT molecular complexity index is 404. The lowest BCUT2D eigenvalue weighted by Gasteiger charge is -2.23. The van der Waals surface area contributed by atoms with Gasteiger partial charge in [-0.2, -0.15) is 0 Å². The normalized spacial score (nSPS) is 25.8. The Labute approximate surface area is 104 Å². The zero-order chi connectivity index (χ0) is 11.9. The largest absolute Gasteiger partial charge is 0.481 e. The molecule has 1 aromatic rings. The van der Waals surface area contributed by atoms with Gasteiger partial charge in [-0.25, -0.2) is 0 Å². The number of carbonyl (C=O) groups is 1. The lowest BCUT2D eigenvalue weighted by Crippen LogP contribution is -2.22. The number of thiophene rings is 1. The summed E-state index contributed by atoms with van der Waals surface area (Å²) in [5, 5.41) is 8.97. The van der Waals surface area contributed by atoms with Gasteiger partial charge in [0.2, 0.25) is 0 Å². The van der Waals surface area contributed by atoms with Crippen LogP contribution in [0.4, 0.5) is 0 Å². The van der Waals surface area contributed by atoms with E-state index in [4.69, 9.17) is 16.7 Å². The van der Waals surface area contributed by atoms with E-state index >= 15 is 0 Å². The van der Waals surface area contributed by atoms with Gasteiger partial charge >= 0.3 is 5.97 Å². The summed E-state index contributed by atoms with van der Waals surface area (Å²) >= 11 is 7.45. The molecule has 1 saturated carbocycles. The molecule has 0 aliphatic heterocycles. The van der Waals surface area contributed by atoms with E-state index in [0.717, 1.165) is 15.6 Å². The Morgan fingerprint density at radius 3 is 2.69 bits per heavy atom. The molecule has 0 radical (unpaired) electrons. The monoisotopic (exact) mass is 259 g/mol. The molecule has 3 nitrogen and oxygen atoms in total. The summed E-state index contributed by atoms with van der Waals surface area (Å²) in [6, 6.07) is 4.05. The number of rotatable bonds is 4. The molecule has 1 aliphatic carbocycles. The Morgan fingerprint density at radius 1 is 1.62 bits per heavy atom. The van der Waals surface area contributed by atoms with Crippen molar-refractivity contribution in [3.05, 3.63) is 21.3 Å². The van der Waals surface area contributed by atoms with E-state index < -0.39 is 5.97 Å². The molecule has 3 atom stereocenters. The Balaban J connectivity index is 2.17. The first-order valence-corrected chi connectivity index (χ1v) is 6.34. The van der Waals surface area contributed by atoms with Crippen molar-refractivity contribution in [2.45, 2.75) is 12.5 Å². The van der Waals surface area contributed by atoms with Crippen molar-refractivity contribution >= 4 is 28.9 Å². The summed E-state index contributed by atoms with van der Waals surface area (Å²) in [5.74, 6) is -0.644. The van der Waals surface area contributed by atoms with E-state index in [9.17, 15) is 4.79 Å². The molecule has 5 heteroatoms. The maximum Gasteiger partial charge on any atom is 0.306 e. The second-order valence-electron chi connectivity index (χ2n) is 4.39. The predicted molar refractivity (Wildman–Crippen MR) is 65.0 cm³/mol. The van der Waals surface area contributed by atoms with Crippen LogP contribution in [0.1, 0.15) is 17.3 Å². The van der Waals surface area contributed by atoms with Crippen molar-refractivity contribution in [2.24, 2.45) is 11.8 Å². The lowest BCUT2D eigenvalue weighted by atomic mass is 10.1. The minimum Gasteiger partial charge on any atom is -0.481 e. The fraction of sp³-hybridized carbons (Fsp3) is 0.545. The quantitative estimate of drug-likeness (QED) is 0.904. The third-order valence-corrected chi connectivity index (χ3v) is 4.31. The number of aliphatic carboxylic acids is 1. The molecule has 1 heterocycles. The number of halogens is 1. The molecule has 1 fully saturated rings. The van der Waals surface area contributed by atoms with E-state index in [1.54, 1.807) is 0 Å². The van der Waals surface area contributed by atoms with Crippen molar-refractivity contribution in [2.75, 3.05) is 14.1 Å². The molecule has 1 aromatic heterocycles. The van der Waals surface area contributed by atoms with Crippen LogP contribution in [0.2, 0.25) is 4.34 Å². The minimum absolute atomic E-state index is 0.179. The van der Waals surface area contributed by atoms with Crippen LogP contribution in [-0.4, -0.2) is 30.1 Å². The Hall–Kier alpha value is -0.580. The third-order valence-electron chi connectivity index (χ3n) is 3.00. The Kier molecular flexibility index (Phi) is 3.24. The van der Waals surface area contributed by atoms with Crippen molar-refractivity contribution in [1.82, 2.24) is 4.90 Å². The van der Waals surface area contributed by atoms with E-state index in [-0.39, 0.29) is 17.9 Å². The summed E-state index contributed by atoms with van der Waals surface area (Å²) in [6.07, 6.45) is 0.772. The number of nitrogens with zero attached hydrogens (tertiary/aromatic N) is 1. The first-order valence-electron chi connectivity index (χ1n) is 5.15. The van der Waals surface area contributed by atoms with Crippen LogP contribution in [0.5, 0.6) is 0 Å². The van der Waals surface area contributed by atoms with Crippen LogP contribution in [0.3, 0.4) is 0 Å². The Morgan fingerprint density at radius 2 is 2.31 bits per heavy atom. The van der Waals surface area contributed by atoms with Crippen molar-refractivity contribution < 1.29 is 9.90 Å². The molecule has 1 aliphatic rings. The van der Waals surface area contributed by atoms with Gasteiger partial charge in [0.25, 0.3) is 0 Å². The standard InChI is InChI=1S/C11H14ClNO2S/c1-13(2)10(6-5-7(6)11(14)15)8-3-4-9(12)16-8/h3-4,6-7,10H,5H2,1-2H3,(H,14,15). The second kappa shape index (κ2) is 4.35. The maximum absolute atomic E-state index is 10.9. The van der Waals surface area contributed by atoms with E-state index in [2.05, 4.69) is 4.90 Å². The van der Waals surface area contributed by atoms with E-state index in [1.165, 1.54) is 11.3 Å². The molecule has 0 saturated heterocycles. The third kappa shape index (κ3) is 2.24. The summed E-state index contributed by atoms with van der Waals surface area (Å²) in [7, 11) is 3.96. The van der Waals surface area contributed by atoms with Gasteiger partial charge in [-0.1, -0.05) is 11.6 Å². The smallest absolute Gasteiger partial charge is 0.306 e. The van der Waals surface area contributed by atoms with Crippen LogP contribution in [0.15, 0.2) is 12.1 Å². The lowest BCUT2D eigenvalue weighted by molar-refractivity contribution is -0.139. The van der Waals surface area contributed by atoms with Crippen molar-refractivity contribution in [1.29, 1.82) is 0 Å². The minimum atomic E-state index is -0.681. The topological polar surface area (TPSA) is 40.5 Å². The first kappa shape index (κ1) is 11.9. The molecule has 88 valence electrons. The van der Waals surface area contributed by atoms with Gasteiger partial charge in [0.1, 0.15) is 0 Å². The number of hydrogen-bond acceptors (Lipinski definition) is 3. The van der Waals surface area contributed by atoms with Gasteiger partial charge in [0.05, 0.1) is 10.3 Å². The van der Waals surface area contributed by atoms with E-state index in [1.807, 2.05) is 26.2 Å². The van der Waals surface area contributed by atoms with Gasteiger partial charge in [-0.3, -0.25) is 4.79 Å². The highest BCUT2D eigenvalue weighted by molar-refractivity contribution is 7.16. The first-order chi connectivity index (χ1) is 7.50. The fourth-order valence-corrected chi connectivity index (χ4v) is 3.52. The summed E-state index contributed by atoms with van der Waals surface area (Å²) in [6.45, 7) is 0. The summed E-state index contributed by atoms with van der Waals surface area (Å²) in [4.78, 5) is 14.1. The summed E-state index contributed by atoms with van der Waals surface area (Å²) < 4.78 is 0.759. The second-order valence-corrected chi connectivity index (χ2v) is 6.14. The molecule has 2 rings (SSSR count). The van der Waals surface area contributed by atoms with Crippen LogP contribution in [-0.2, 0) is 4.79 Å². The highest BCUT2D eigenvalue weighted by Crippen LogP contribution is 2.51. The molecular formula is C11H14ClNO2S. The van der Waals surface area contributed by atoms with Crippen LogP contribution < -0.4 is 0 Å². The molecule has 0 amide bonds. The average Bonchev–Trinajstić information content (AvgIpc) is 2.83. The average molecular weight is 260 g/mol. The summed E-state index contributed by atoms with van der Waals surface area (Å²) in [5.41, 5.74) is 0. The SMILES string of the molecule is CN(C)C(c1ccc(Cl)s1)C1CC1C(=O)O. The fourth-order valence-electron chi connectivity index (χ4n) is 2.18. The molecule has 0 bridgehead atoms. The highest BCUT2D eigenvalue weighted by Gasteiger charge is 2.49. The zero-order valence-electron chi connectivity index (χ0n) is 9.18.